The third kappa shape index (κ3) is 2.75. The Morgan fingerprint density at radius 1 is 1.25 bits per heavy atom. The standard InChI is InChI=1S/C16H19N5O3/c1-10-4-6-17-14(18-10)11-5-7-21(9-11)15(23)12-8-13(22)20(3)16(24)19(12)2/h4,6,8,11H,5,7,9H2,1-3H3/t11-/m0/s1. The van der Waals surface area contributed by atoms with Gasteiger partial charge in [0.1, 0.15) is 11.5 Å². The summed E-state index contributed by atoms with van der Waals surface area (Å²) in [6.45, 7) is 2.93. The van der Waals surface area contributed by atoms with E-state index in [0.717, 1.165) is 22.5 Å². The topological polar surface area (TPSA) is 90.1 Å². The molecule has 0 saturated carbocycles. The van der Waals surface area contributed by atoms with Crippen molar-refractivity contribution < 1.29 is 4.79 Å². The van der Waals surface area contributed by atoms with Crippen LogP contribution in [0.4, 0.5) is 0 Å². The van der Waals surface area contributed by atoms with E-state index in [-0.39, 0.29) is 17.5 Å². The molecule has 126 valence electrons. The van der Waals surface area contributed by atoms with Gasteiger partial charge in [-0.25, -0.2) is 14.8 Å². The van der Waals surface area contributed by atoms with Crippen LogP contribution in [0.1, 0.15) is 34.3 Å². The molecule has 2 aromatic heterocycles. The Labute approximate surface area is 138 Å². The summed E-state index contributed by atoms with van der Waals surface area (Å²) >= 11 is 0. The minimum Gasteiger partial charge on any atom is -0.337 e. The number of carbonyl (C=O) groups is 1. The summed E-state index contributed by atoms with van der Waals surface area (Å²) in [6.07, 6.45) is 2.47. The van der Waals surface area contributed by atoms with Gasteiger partial charge in [0.25, 0.3) is 11.5 Å². The fourth-order valence-corrected chi connectivity index (χ4v) is 2.92. The van der Waals surface area contributed by atoms with Crippen LogP contribution >= 0.6 is 0 Å². The number of aromatic nitrogens is 4. The largest absolute Gasteiger partial charge is 0.337 e. The van der Waals surface area contributed by atoms with E-state index < -0.39 is 11.2 Å². The maximum Gasteiger partial charge on any atom is 0.331 e. The number of likely N-dealkylation sites (tertiary alicyclic amines) is 1. The van der Waals surface area contributed by atoms with Crippen LogP contribution in [0.2, 0.25) is 0 Å². The molecule has 1 fully saturated rings. The number of rotatable bonds is 2. The highest BCUT2D eigenvalue weighted by molar-refractivity contribution is 5.92. The molecule has 0 N–H and O–H groups in total. The highest BCUT2D eigenvalue weighted by atomic mass is 16.2. The molecule has 1 aliphatic rings. The molecule has 1 saturated heterocycles. The molecule has 0 aliphatic carbocycles. The zero-order valence-corrected chi connectivity index (χ0v) is 13.9. The van der Waals surface area contributed by atoms with Crippen molar-refractivity contribution in [2.75, 3.05) is 13.1 Å². The highest BCUT2D eigenvalue weighted by Crippen LogP contribution is 2.25. The van der Waals surface area contributed by atoms with E-state index in [0.29, 0.717) is 13.1 Å². The van der Waals surface area contributed by atoms with Crippen LogP contribution in [0.5, 0.6) is 0 Å². The maximum atomic E-state index is 12.7. The predicted octanol–water partition coefficient (Wildman–Crippen LogP) is -0.188. The SMILES string of the molecule is Cc1ccnc([C@H]2CCN(C(=O)c3cc(=O)n(C)c(=O)n3C)C2)n1. The number of hydrogen-bond acceptors (Lipinski definition) is 5. The minimum absolute atomic E-state index is 0.0671. The van der Waals surface area contributed by atoms with Crippen molar-refractivity contribution in [2.45, 2.75) is 19.3 Å². The molecule has 1 aliphatic heterocycles. The molecule has 0 unspecified atom stereocenters. The van der Waals surface area contributed by atoms with E-state index in [2.05, 4.69) is 9.97 Å². The minimum atomic E-state index is -0.511. The average Bonchev–Trinajstić information content (AvgIpc) is 3.05. The first kappa shape index (κ1) is 16.1. The summed E-state index contributed by atoms with van der Waals surface area (Å²) in [5, 5.41) is 0. The third-order valence-corrected chi connectivity index (χ3v) is 4.40. The van der Waals surface area contributed by atoms with E-state index >= 15 is 0 Å². The highest BCUT2D eigenvalue weighted by Gasteiger charge is 2.31. The zero-order chi connectivity index (χ0) is 17.4. The summed E-state index contributed by atoms with van der Waals surface area (Å²) < 4.78 is 2.18. The number of nitrogens with zero attached hydrogens (tertiary/aromatic N) is 5. The molecule has 2 aromatic rings. The normalized spacial score (nSPS) is 17.3. The second-order valence-corrected chi connectivity index (χ2v) is 6.06. The smallest absolute Gasteiger partial charge is 0.331 e. The van der Waals surface area contributed by atoms with Crippen molar-refractivity contribution in [3.8, 4) is 0 Å². The Morgan fingerprint density at radius 3 is 2.71 bits per heavy atom. The lowest BCUT2D eigenvalue weighted by atomic mass is 10.1. The van der Waals surface area contributed by atoms with Gasteiger partial charge >= 0.3 is 5.69 Å². The first-order chi connectivity index (χ1) is 11.4. The second kappa shape index (κ2) is 6.03. The lowest BCUT2D eigenvalue weighted by Crippen LogP contribution is -2.42. The first-order valence-electron chi connectivity index (χ1n) is 7.74. The van der Waals surface area contributed by atoms with Crippen molar-refractivity contribution in [1.82, 2.24) is 24.0 Å². The van der Waals surface area contributed by atoms with Gasteiger partial charge in [-0.3, -0.25) is 18.7 Å². The Bertz CT molecular complexity index is 915. The number of amides is 1. The molecule has 8 nitrogen and oxygen atoms in total. The second-order valence-electron chi connectivity index (χ2n) is 6.06. The predicted molar refractivity (Wildman–Crippen MR) is 87.0 cm³/mol. The van der Waals surface area contributed by atoms with Crippen LogP contribution in [-0.4, -0.2) is 43.0 Å². The Balaban J connectivity index is 1.85. The first-order valence-corrected chi connectivity index (χ1v) is 7.74. The van der Waals surface area contributed by atoms with Crippen molar-refractivity contribution in [2.24, 2.45) is 14.1 Å². The van der Waals surface area contributed by atoms with Gasteiger partial charge in [-0.2, -0.15) is 0 Å². The molecule has 0 aromatic carbocycles. The number of carbonyl (C=O) groups excluding carboxylic acids is 1. The Morgan fingerprint density at radius 2 is 2.00 bits per heavy atom. The van der Waals surface area contributed by atoms with E-state index in [4.69, 9.17) is 0 Å². The van der Waals surface area contributed by atoms with Crippen LogP contribution in [0.15, 0.2) is 27.9 Å². The summed E-state index contributed by atoms with van der Waals surface area (Å²) in [4.78, 5) is 46.9. The molecular formula is C16H19N5O3. The van der Waals surface area contributed by atoms with Gasteiger partial charge in [0.05, 0.1) is 0 Å². The van der Waals surface area contributed by atoms with Gasteiger partial charge < -0.3 is 4.90 Å². The molecule has 24 heavy (non-hydrogen) atoms. The van der Waals surface area contributed by atoms with Gasteiger partial charge in [-0.15, -0.1) is 0 Å². The molecule has 0 spiro atoms. The van der Waals surface area contributed by atoms with Gasteiger partial charge in [0.2, 0.25) is 0 Å². The zero-order valence-electron chi connectivity index (χ0n) is 13.9. The Kier molecular flexibility index (Phi) is 4.04. The summed E-state index contributed by atoms with van der Waals surface area (Å²) in [7, 11) is 2.88. The van der Waals surface area contributed by atoms with Crippen molar-refractivity contribution >= 4 is 5.91 Å². The molecule has 8 heteroatoms. The number of hydrogen-bond donors (Lipinski definition) is 0. The van der Waals surface area contributed by atoms with E-state index in [1.807, 2.05) is 13.0 Å². The maximum absolute atomic E-state index is 12.7. The molecular weight excluding hydrogens is 310 g/mol. The molecule has 1 atom stereocenters. The van der Waals surface area contributed by atoms with E-state index in [1.54, 1.807) is 11.1 Å². The van der Waals surface area contributed by atoms with Crippen LogP contribution in [-0.2, 0) is 14.1 Å². The van der Waals surface area contributed by atoms with Crippen LogP contribution in [0, 0.1) is 6.92 Å². The van der Waals surface area contributed by atoms with Crippen LogP contribution in [0.25, 0.3) is 0 Å². The molecule has 0 bridgehead atoms. The summed E-state index contributed by atoms with van der Waals surface area (Å²) in [5.74, 6) is 0.475. The molecule has 0 radical (unpaired) electrons. The average molecular weight is 329 g/mol. The van der Waals surface area contributed by atoms with Gasteiger partial charge in [-0.1, -0.05) is 0 Å². The van der Waals surface area contributed by atoms with E-state index in [9.17, 15) is 14.4 Å². The molecule has 3 heterocycles. The van der Waals surface area contributed by atoms with Gasteiger partial charge in [0.15, 0.2) is 0 Å². The molecule has 3 rings (SSSR count). The fraction of sp³-hybridized carbons (Fsp3) is 0.438. The van der Waals surface area contributed by atoms with Gasteiger partial charge in [-0.05, 0) is 19.4 Å². The lowest BCUT2D eigenvalue weighted by molar-refractivity contribution is 0.0778. The van der Waals surface area contributed by atoms with E-state index in [1.165, 1.54) is 24.7 Å². The van der Waals surface area contributed by atoms with Crippen molar-refractivity contribution in [3.63, 3.8) is 0 Å². The molecule has 1 amide bonds. The summed E-state index contributed by atoms with van der Waals surface area (Å²) in [5.41, 5.74) is -0.00420. The fourth-order valence-electron chi connectivity index (χ4n) is 2.92. The quantitative estimate of drug-likeness (QED) is 0.762. The van der Waals surface area contributed by atoms with Gasteiger partial charge in [0, 0.05) is 51.1 Å². The number of aryl methyl sites for hydroxylation is 1. The Hall–Kier alpha value is -2.77. The summed E-state index contributed by atoms with van der Waals surface area (Å²) in [6, 6.07) is 3.04. The van der Waals surface area contributed by atoms with Crippen molar-refractivity contribution in [1.29, 1.82) is 0 Å². The third-order valence-electron chi connectivity index (χ3n) is 4.40. The van der Waals surface area contributed by atoms with Crippen LogP contribution < -0.4 is 11.2 Å². The van der Waals surface area contributed by atoms with Crippen LogP contribution in [0.3, 0.4) is 0 Å². The lowest BCUT2D eigenvalue weighted by Gasteiger charge is -2.18. The van der Waals surface area contributed by atoms with Crippen molar-refractivity contribution in [3.05, 3.63) is 56.4 Å². The monoisotopic (exact) mass is 329 g/mol.